The minimum atomic E-state index is -0.123. The summed E-state index contributed by atoms with van der Waals surface area (Å²) in [6.45, 7) is 3.01. The third kappa shape index (κ3) is 2.74. The van der Waals surface area contributed by atoms with Crippen LogP contribution in [0.3, 0.4) is 0 Å². The van der Waals surface area contributed by atoms with Crippen molar-refractivity contribution in [2.75, 3.05) is 6.54 Å². The summed E-state index contributed by atoms with van der Waals surface area (Å²) in [5.74, 6) is 0.228. The van der Waals surface area contributed by atoms with Crippen LogP contribution in [0.2, 0.25) is 5.02 Å². The lowest BCUT2D eigenvalue weighted by atomic mass is 10.2. The number of rotatable bonds is 4. The van der Waals surface area contributed by atoms with Crippen molar-refractivity contribution in [3.05, 3.63) is 59.0 Å². The van der Waals surface area contributed by atoms with Crippen LogP contribution < -0.4 is 0 Å². The van der Waals surface area contributed by atoms with Gasteiger partial charge < -0.3 is 9.32 Å². The van der Waals surface area contributed by atoms with E-state index < -0.39 is 0 Å². The molecule has 1 amide bonds. The first kappa shape index (κ1) is 12.7. The Morgan fingerprint density at radius 1 is 1.28 bits per heavy atom. The van der Waals surface area contributed by atoms with Gasteiger partial charge in [0.05, 0.1) is 6.26 Å². The van der Waals surface area contributed by atoms with Gasteiger partial charge in [-0.2, -0.15) is 0 Å². The summed E-state index contributed by atoms with van der Waals surface area (Å²) in [5.41, 5.74) is 0.931. The van der Waals surface area contributed by atoms with E-state index in [1.165, 1.54) is 6.26 Å². The Bertz CT molecular complexity index is 522. The Morgan fingerprint density at radius 3 is 2.67 bits per heavy atom. The van der Waals surface area contributed by atoms with Crippen LogP contribution in [0.15, 0.2) is 47.1 Å². The van der Waals surface area contributed by atoms with Crippen LogP contribution in [0.4, 0.5) is 0 Å². The summed E-state index contributed by atoms with van der Waals surface area (Å²) in [4.78, 5) is 13.8. The molecule has 18 heavy (non-hydrogen) atoms. The van der Waals surface area contributed by atoms with Gasteiger partial charge in [-0.15, -0.1) is 0 Å². The van der Waals surface area contributed by atoms with Crippen molar-refractivity contribution in [2.45, 2.75) is 13.5 Å². The molecule has 0 fully saturated rings. The Balaban J connectivity index is 2.15. The molecule has 3 nitrogen and oxygen atoms in total. The first-order valence-electron chi connectivity index (χ1n) is 5.78. The predicted molar refractivity (Wildman–Crippen MR) is 70.6 cm³/mol. The number of carbonyl (C=O) groups excluding carboxylic acids is 1. The fraction of sp³-hybridized carbons (Fsp3) is 0.214. The summed E-state index contributed by atoms with van der Waals surface area (Å²) >= 11 is 6.09. The third-order valence-electron chi connectivity index (χ3n) is 2.72. The lowest BCUT2D eigenvalue weighted by molar-refractivity contribution is 0.0720. The third-order valence-corrected chi connectivity index (χ3v) is 3.09. The van der Waals surface area contributed by atoms with Gasteiger partial charge in [-0.25, -0.2) is 0 Å². The van der Waals surface area contributed by atoms with Gasteiger partial charge in [0.2, 0.25) is 0 Å². The average molecular weight is 264 g/mol. The highest BCUT2D eigenvalue weighted by molar-refractivity contribution is 6.31. The molecule has 0 radical (unpaired) electrons. The summed E-state index contributed by atoms with van der Waals surface area (Å²) in [6.07, 6.45) is 1.50. The monoisotopic (exact) mass is 263 g/mol. The van der Waals surface area contributed by atoms with Crippen molar-refractivity contribution in [3.63, 3.8) is 0 Å². The predicted octanol–water partition coefficient (Wildman–Crippen LogP) is 3.60. The van der Waals surface area contributed by atoms with Crippen molar-refractivity contribution in [1.82, 2.24) is 4.90 Å². The van der Waals surface area contributed by atoms with Crippen LogP contribution in [0, 0.1) is 0 Å². The summed E-state index contributed by atoms with van der Waals surface area (Å²) in [5, 5.41) is 0.670. The number of benzene rings is 1. The standard InChI is InChI=1S/C14H14ClNO2/c1-2-16(14(17)13-8-5-9-18-13)10-11-6-3-4-7-12(11)15/h3-9H,2,10H2,1H3. The summed E-state index contributed by atoms with van der Waals surface area (Å²) in [6, 6.07) is 10.9. The second-order valence-corrected chi connectivity index (χ2v) is 4.30. The number of nitrogens with zero attached hydrogens (tertiary/aromatic N) is 1. The maximum absolute atomic E-state index is 12.1. The van der Waals surface area contributed by atoms with E-state index in [1.54, 1.807) is 17.0 Å². The minimum absolute atomic E-state index is 0.123. The zero-order valence-electron chi connectivity index (χ0n) is 10.1. The maximum Gasteiger partial charge on any atom is 0.289 e. The van der Waals surface area contributed by atoms with Crippen LogP contribution in [-0.4, -0.2) is 17.4 Å². The molecule has 94 valence electrons. The molecule has 1 heterocycles. The van der Waals surface area contributed by atoms with Crippen LogP contribution in [0.25, 0.3) is 0 Å². The summed E-state index contributed by atoms with van der Waals surface area (Å²) in [7, 11) is 0. The lowest BCUT2D eigenvalue weighted by Crippen LogP contribution is -2.30. The Labute approximate surface area is 111 Å². The van der Waals surface area contributed by atoms with Gasteiger partial charge in [-0.3, -0.25) is 4.79 Å². The first-order valence-corrected chi connectivity index (χ1v) is 6.16. The SMILES string of the molecule is CCN(Cc1ccccc1Cl)C(=O)c1ccco1. The van der Waals surface area contributed by atoms with Crippen LogP contribution in [-0.2, 0) is 6.54 Å². The highest BCUT2D eigenvalue weighted by atomic mass is 35.5. The molecule has 0 unspecified atom stereocenters. The topological polar surface area (TPSA) is 33.5 Å². The first-order chi connectivity index (χ1) is 8.72. The van der Waals surface area contributed by atoms with Gasteiger partial charge in [0.15, 0.2) is 5.76 Å². The molecule has 1 aromatic heterocycles. The van der Waals surface area contributed by atoms with E-state index >= 15 is 0 Å². The Hall–Kier alpha value is -1.74. The van der Waals surface area contributed by atoms with Crippen molar-refractivity contribution in [3.8, 4) is 0 Å². The quantitative estimate of drug-likeness (QED) is 0.845. The lowest BCUT2D eigenvalue weighted by Gasteiger charge is -2.20. The molecule has 2 rings (SSSR count). The van der Waals surface area contributed by atoms with E-state index in [1.807, 2.05) is 31.2 Å². The van der Waals surface area contributed by atoms with Crippen molar-refractivity contribution in [1.29, 1.82) is 0 Å². The number of hydrogen-bond donors (Lipinski definition) is 0. The second kappa shape index (κ2) is 5.74. The normalized spacial score (nSPS) is 10.3. The molecule has 1 aromatic carbocycles. The van der Waals surface area contributed by atoms with Crippen molar-refractivity contribution in [2.24, 2.45) is 0 Å². The fourth-order valence-electron chi connectivity index (χ4n) is 1.72. The number of hydrogen-bond acceptors (Lipinski definition) is 2. The van der Waals surface area contributed by atoms with E-state index in [0.717, 1.165) is 5.56 Å². The zero-order chi connectivity index (χ0) is 13.0. The number of carbonyl (C=O) groups is 1. The molecule has 0 atom stereocenters. The van der Waals surface area contributed by atoms with Crippen LogP contribution in [0.1, 0.15) is 23.0 Å². The largest absolute Gasteiger partial charge is 0.459 e. The molecule has 2 aromatic rings. The van der Waals surface area contributed by atoms with E-state index in [0.29, 0.717) is 23.9 Å². The molecule has 0 aliphatic heterocycles. The molecular formula is C14H14ClNO2. The van der Waals surface area contributed by atoms with Gasteiger partial charge in [-0.1, -0.05) is 29.8 Å². The van der Waals surface area contributed by atoms with E-state index in [2.05, 4.69) is 0 Å². The molecule has 0 spiro atoms. The summed E-state index contributed by atoms with van der Waals surface area (Å²) < 4.78 is 5.12. The minimum Gasteiger partial charge on any atom is -0.459 e. The number of amides is 1. The van der Waals surface area contributed by atoms with Crippen molar-refractivity contribution >= 4 is 17.5 Å². The van der Waals surface area contributed by atoms with Gasteiger partial charge in [-0.05, 0) is 30.7 Å². The molecule has 0 bridgehead atoms. The average Bonchev–Trinajstić information content (AvgIpc) is 2.91. The molecule has 0 aliphatic carbocycles. The van der Waals surface area contributed by atoms with Crippen LogP contribution >= 0.6 is 11.6 Å². The van der Waals surface area contributed by atoms with E-state index in [4.69, 9.17) is 16.0 Å². The van der Waals surface area contributed by atoms with Gasteiger partial charge in [0, 0.05) is 18.1 Å². The van der Waals surface area contributed by atoms with E-state index in [-0.39, 0.29) is 5.91 Å². The smallest absolute Gasteiger partial charge is 0.289 e. The van der Waals surface area contributed by atoms with E-state index in [9.17, 15) is 4.79 Å². The molecule has 0 aliphatic rings. The fourth-order valence-corrected chi connectivity index (χ4v) is 1.91. The Morgan fingerprint density at radius 2 is 2.06 bits per heavy atom. The Kier molecular flexibility index (Phi) is 4.05. The molecule has 0 saturated heterocycles. The van der Waals surface area contributed by atoms with Gasteiger partial charge in [0.25, 0.3) is 5.91 Å². The van der Waals surface area contributed by atoms with Crippen molar-refractivity contribution < 1.29 is 9.21 Å². The number of furan rings is 1. The highest BCUT2D eigenvalue weighted by Crippen LogP contribution is 2.18. The molecule has 4 heteroatoms. The van der Waals surface area contributed by atoms with Crippen LogP contribution in [0.5, 0.6) is 0 Å². The molecule has 0 saturated carbocycles. The molecule has 0 N–H and O–H groups in total. The zero-order valence-corrected chi connectivity index (χ0v) is 10.9. The van der Waals surface area contributed by atoms with Gasteiger partial charge in [0.1, 0.15) is 0 Å². The molecular weight excluding hydrogens is 250 g/mol. The number of halogens is 1. The maximum atomic E-state index is 12.1. The highest BCUT2D eigenvalue weighted by Gasteiger charge is 2.17. The second-order valence-electron chi connectivity index (χ2n) is 3.89. The van der Waals surface area contributed by atoms with Gasteiger partial charge >= 0.3 is 0 Å².